The molecule has 3 aromatic rings. The number of hydrogen-bond acceptors (Lipinski definition) is 5. The number of benzene rings is 2. The van der Waals surface area contributed by atoms with E-state index in [1.165, 1.54) is 15.8 Å². The summed E-state index contributed by atoms with van der Waals surface area (Å²) in [4.78, 5) is 21.4. The van der Waals surface area contributed by atoms with E-state index in [0.29, 0.717) is 28.9 Å². The molecule has 1 amide bonds. The number of carbonyl (C=O) groups is 1. The highest BCUT2D eigenvalue weighted by Gasteiger charge is 2.23. The summed E-state index contributed by atoms with van der Waals surface area (Å²) in [6.45, 7) is 6.99. The first kappa shape index (κ1) is 20.3. The summed E-state index contributed by atoms with van der Waals surface area (Å²) >= 11 is 13.7. The molecule has 0 spiro atoms. The van der Waals surface area contributed by atoms with Crippen LogP contribution in [0, 0.1) is 13.8 Å². The molecule has 2 aromatic carbocycles. The quantitative estimate of drug-likeness (QED) is 0.565. The van der Waals surface area contributed by atoms with Crippen LogP contribution < -0.4 is 9.64 Å². The average Bonchev–Trinajstić information content (AvgIpc) is 3.10. The van der Waals surface area contributed by atoms with E-state index < -0.39 is 0 Å². The van der Waals surface area contributed by atoms with Gasteiger partial charge in [-0.1, -0.05) is 34.5 Å². The molecule has 1 fully saturated rings. The smallest absolute Gasteiger partial charge is 0.260 e. The first-order valence-electron chi connectivity index (χ1n) is 9.39. The van der Waals surface area contributed by atoms with Gasteiger partial charge in [-0.05, 0) is 55.3 Å². The van der Waals surface area contributed by atoms with Gasteiger partial charge in [-0.2, -0.15) is 0 Å². The second-order valence-corrected chi connectivity index (χ2v) is 8.98. The number of nitrogens with zero attached hydrogens (tertiary/aromatic N) is 3. The lowest BCUT2D eigenvalue weighted by Crippen LogP contribution is -2.50. The van der Waals surface area contributed by atoms with Crippen LogP contribution >= 0.6 is 34.5 Å². The number of hydrogen-bond donors (Lipinski definition) is 0. The molecule has 1 aromatic heterocycles. The van der Waals surface area contributed by atoms with E-state index in [-0.39, 0.29) is 12.5 Å². The molecule has 1 aliphatic heterocycles. The maximum Gasteiger partial charge on any atom is 0.260 e. The number of anilines is 1. The molecule has 1 saturated heterocycles. The van der Waals surface area contributed by atoms with Gasteiger partial charge in [0, 0.05) is 31.2 Å². The zero-order valence-corrected chi connectivity index (χ0v) is 18.6. The van der Waals surface area contributed by atoms with Gasteiger partial charge in [0.15, 0.2) is 11.7 Å². The molecule has 8 heteroatoms. The normalized spacial score (nSPS) is 14.5. The molecule has 2 heterocycles. The maximum absolute atomic E-state index is 12.5. The van der Waals surface area contributed by atoms with Crippen LogP contribution in [0.2, 0.25) is 10.0 Å². The van der Waals surface area contributed by atoms with Gasteiger partial charge in [0.2, 0.25) is 0 Å². The lowest BCUT2D eigenvalue weighted by atomic mass is 10.1. The van der Waals surface area contributed by atoms with Gasteiger partial charge < -0.3 is 14.5 Å². The largest absolute Gasteiger partial charge is 0.482 e. The Morgan fingerprint density at radius 1 is 1.10 bits per heavy atom. The van der Waals surface area contributed by atoms with Gasteiger partial charge in [0.25, 0.3) is 5.91 Å². The van der Waals surface area contributed by atoms with Crippen LogP contribution in [0.15, 0.2) is 30.3 Å². The molecule has 0 radical (unpaired) electrons. The lowest BCUT2D eigenvalue weighted by molar-refractivity contribution is -0.133. The van der Waals surface area contributed by atoms with Gasteiger partial charge >= 0.3 is 0 Å². The first-order chi connectivity index (χ1) is 13.9. The Morgan fingerprint density at radius 3 is 2.55 bits per heavy atom. The Hall–Kier alpha value is -2.02. The van der Waals surface area contributed by atoms with Crippen LogP contribution in [-0.4, -0.2) is 48.6 Å². The molecular weight excluding hydrogens is 429 g/mol. The standard InChI is InChI=1S/C21H21Cl2N3O2S/c1-13-9-17-19(10-14(13)2)29-21(24-17)26-7-5-25(6-8-26)20(27)12-28-18-4-3-15(22)11-16(18)23/h3-4,9-11H,5-8,12H2,1-2H3. The number of rotatable bonds is 4. The van der Waals surface area contributed by atoms with Crippen molar-refractivity contribution in [2.45, 2.75) is 13.8 Å². The number of ether oxygens (including phenoxy) is 1. The molecule has 5 nitrogen and oxygen atoms in total. The summed E-state index contributed by atoms with van der Waals surface area (Å²) in [7, 11) is 0. The second-order valence-electron chi connectivity index (χ2n) is 7.13. The van der Waals surface area contributed by atoms with Crippen molar-refractivity contribution in [2.75, 3.05) is 37.7 Å². The zero-order valence-electron chi connectivity index (χ0n) is 16.2. The third kappa shape index (κ3) is 4.44. The molecule has 0 saturated carbocycles. The molecule has 0 unspecified atom stereocenters. The van der Waals surface area contributed by atoms with Gasteiger partial charge in [-0.3, -0.25) is 4.79 Å². The highest BCUT2D eigenvalue weighted by molar-refractivity contribution is 7.22. The highest BCUT2D eigenvalue weighted by atomic mass is 35.5. The van der Waals surface area contributed by atoms with Crippen molar-refractivity contribution >= 4 is 55.8 Å². The number of aromatic nitrogens is 1. The summed E-state index contributed by atoms with van der Waals surface area (Å²) < 4.78 is 6.78. The Kier molecular flexibility index (Phi) is 5.86. The van der Waals surface area contributed by atoms with Crippen molar-refractivity contribution in [3.05, 3.63) is 51.5 Å². The highest BCUT2D eigenvalue weighted by Crippen LogP contribution is 2.31. The molecular formula is C21H21Cl2N3O2S. The number of halogens is 2. The molecule has 29 heavy (non-hydrogen) atoms. The van der Waals surface area contributed by atoms with E-state index in [1.807, 2.05) is 4.90 Å². The van der Waals surface area contributed by atoms with E-state index in [9.17, 15) is 4.79 Å². The molecule has 0 atom stereocenters. The van der Waals surface area contributed by atoms with Crippen LogP contribution in [0.4, 0.5) is 5.13 Å². The minimum absolute atomic E-state index is 0.0406. The number of amides is 1. The Labute approximate surface area is 183 Å². The minimum Gasteiger partial charge on any atom is -0.482 e. The number of thiazole rings is 1. The monoisotopic (exact) mass is 449 g/mol. The van der Waals surface area contributed by atoms with Crippen molar-refractivity contribution in [2.24, 2.45) is 0 Å². The zero-order chi connectivity index (χ0) is 20.5. The van der Waals surface area contributed by atoms with Gasteiger partial charge in [0.1, 0.15) is 5.75 Å². The summed E-state index contributed by atoms with van der Waals surface area (Å²) in [6.07, 6.45) is 0. The van der Waals surface area contributed by atoms with Crippen LogP contribution in [0.5, 0.6) is 5.75 Å². The maximum atomic E-state index is 12.5. The third-order valence-corrected chi connectivity index (χ3v) is 6.75. The van der Waals surface area contributed by atoms with Crippen LogP contribution in [0.25, 0.3) is 10.2 Å². The van der Waals surface area contributed by atoms with Gasteiger partial charge in [0.05, 0.1) is 15.2 Å². The number of carbonyl (C=O) groups excluding carboxylic acids is 1. The molecule has 0 bridgehead atoms. The molecule has 0 N–H and O–H groups in total. The molecule has 152 valence electrons. The summed E-state index contributed by atoms with van der Waals surface area (Å²) in [5.74, 6) is 0.411. The van der Waals surface area contributed by atoms with Crippen LogP contribution in [0.1, 0.15) is 11.1 Å². The summed E-state index contributed by atoms with van der Waals surface area (Å²) in [5.41, 5.74) is 3.58. The average molecular weight is 450 g/mol. The summed E-state index contributed by atoms with van der Waals surface area (Å²) in [6, 6.07) is 9.30. The Bertz CT molecular complexity index is 1020. The number of piperazine rings is 1. The minimum atomic E-state index is -0.0498. The van der Waals surface area contributed by atoms with E-state index in [4.69, 9.17) is 32.9 Å². The molecule has 1 aliphatic rings. The first-order valence-corrected chi connectivity index (χ1v) is 11.0. The van der Waals surface area contributed by atoms with Crippen molar-refractivity contribution in [1.29, 1.82) is 0 Å². The predicted molar refractivity (Wildman–Crippen MR) is 120 cm³/mol. The van der Waals surface area contributed by atoms with E-state index >= 15 is 0 Å². The fraction of sp³-hybridized carbons (Fsp3) is 0.333. The van der Waals surface area contributed by atoms with Crippen molar-refractivity contribution < 1.29 is 9.53 Å². The SMILES string of the molecule is Cc1cc2nc(N3CCN(C(=O)COc4ccc(Cl)cc4Cl)CC3)sc2cc1C. The van der Waals surface area contributed by atoms with Gasteiger partial charge in [-0.15, -0.1) is 0 Å². The Balaban J connectivity index is 1.34. The fourth-order valence-electron chi connectivity index (χ4n) is 3.27. The van der Waals surface area contributed by atoms with E-state index in [2.05, 4.69) is 30.9 Å². The third-order valence-electron chi connectivity index (χ3n) is 5.14. The Morgan fingerprint density at radius 2 is 1.83 bits per heavy atom. The van der Waals surface area contributed by atoms with Gasteiger partial charge in [-0.25, -0.2) is 4.98 Å². The molecule has 0 aliphatic carbocycles. The van der Waals surface area contributed by atoms with Crippen molar-refractivity contribution in [1.82, 2.24) is 9.88 Å². The van der Waals surface area contributed by atoms with Crippen molar-refractivity contribution in [3.8, 4) is 5.75 Å². The number of fused-ring (bicyclic) bond motifs is 1. The van der Waals surface area contributed by atoms with Crippen molar-refractivity contribution in [3.63, 3.8) is 0 Å². The summed E-state index contributed by atoms with van der Waals surface area (Å²) in [5, 5.41) is 1.95. The van der Waals surface area contributed by atoms with Crippen LogP contribution in [-0.2, 0) is 4.79 Å². The topological polar surface area (TPSA) is 45.7 Å². The van der Waals surface area contributed by atoms with Crippen LogP contribution in [0.3, 0.4) is 0 Å². The fourth-order valence-corrected chi connectivity index (χ4v) is 4.83. The molecule has 4 rings (SSSR count). The predicted octanol–water partition coefficient (Wildman–Crippen LogP) is 4.95. The van der Waals surface area contributed by atoms with E-state index in [1.54, 1.807) is 29.5 Å². The second kappa shape index (κ2) is 8.38. The van der Waals surface area contributed by atoms with E-state index in [0.717, 1.165) is 23.7 Å². The lowest BCUT2D eigenvalue weighted by Gasteiger charge is -2.34. The number of aryl methyl sites for hydroxylation is 2.